The Labute approximate surface area is 111 Å². The fourth-order valence-electron chi connectivity index (χ4n) is 2.13. The lowest BCUT2D eigenvalue weighted by molar-refractivity contribution is 0.854. The molecule has 18 heavy (non-hydrogen) atoms. The van der Waals surface area contributed by atoms with E-state index in [1.807, 2.05) is 0 Å². The third kappa shape index (κ3) is 1.93. The maximum absolute atomic E-state index is 4.75. The highest BCUT2D eigenvalue weighted by Gasteiger charge is 2.09. The first-order chi connectivity index (χ1) is 8.75. The summed E-state index contributed by atoms with van der Waals surface area (Å²) >= 11 is 1.75. The van der Waals surface area contributed by atoms with Gasteiger partial charge in [-0.3, -0.25) is 0 Å². The summed E-state index contributed by atoms with van der Waals surface area (Å²) in [4.78, 5) is 4.75. The standard InChI is InChI=1S/C16H15NS/c1-11(2)16-17-15(10-18-16)14-9-5-7-12-6-3-4-8-13(12)14/h3-11H,1-2H3. The minimum atomic E-state index is 0.499. The second kappa shape index (κ2) is 4.54. The quantitative estimate of drug-likeness (QED) is 0.620. The number of benzene rings is 2. The smallest absolute Gasteiger partial charge is 0.0958 e. The van der Waals surface area contributed by atoms with Crippen LogP contribution >= 0.6 is 11.3 Å². The third-order valence-corrected chi connectivity index (χ3v) is 4.23. The molecule has 0 fully saturated rings. The summed E-state index contributed by atoms with van der Waals surface area (Å²) in [7, 11) is 0. The summed E-state index contributed by atoms with van der Waals surface area (Å²) in [5, 5.41) is 5.92. The van der Waals surface area contributed by atoms with Gasteiger partial charge in [-0.1, -0.05) is 56.3 Å². The van der Waals surface area contributed by atoms with Gasteiger partial charge in [0.1, 0.15) is 0 Å². The van der Waals surface area contributed by atoms with E-state index in [0.717, 1.165) is 5.69 Å². The van der Waals surface area contributed by atoms with Crippen molar-refractivity contribution >= 4 is 22.1 Å². The molecule has 90 valence electrons. The molecule has 0 unspecified atom stereocenters. The molecule has 0 bridgehead atoms. The van der Waals surface area contributed by atoms with Crippen LogP contribution in [-0.2, 0) is 0 Å². The molecule has 2 aromatic carbocycles. The van der Waals surface area contributed by atoms with Crippen molar-refractivity contribution in [3.05, 3.63) is 52.9 Å². The van der Waals surface area contributed by atoms with E-state index in [4.69, 9.17) is 4.98 Å². The molecule has 1 heterocycles. The lowest BCUT2D eigenvalue weighted by atomic mass is 10.0. The van der Waals surface area contributed by atoms with E-state index in [9.17, 15) is 0 Å². The first-order valence-corrected chi connectivity index (χ1v) is 7.07. The average molecular weight is 253 g/mol. The second-order valence-corrected chi connectivity index (χ2v) is 5.64. The van der Waals surface area contributed by atoms with Crippen LogP contribution in [0.15, 0.2) is 47.8 Å². The Morgan fingerprint density at radius 2 is 1.78 bits per heavy atom. The lowest BCUT2D eigenvalue weighted by Crippen LogP contribution is -1.86. The van der Waals surface area contributed by atoms with E-state index in [1.165, 1.54) is 21.3 Å². The molecule has 0 N–H and O–H groups in total. The molecule has 0 aliphatic carbocycles. The first kappa shape index (κ1) is 11.4. The monoisotopic (exact) mass is 253 g/mol. The van der Waals surface area contributed by atoms with Gasteiger partial charge in [-0.2, -0.15) is 0 Å². The SMILES string of the molecule is CC(C)c1nc(-c2cccc3ccccc23)cs1. The molecule has 0 spiro atoms. The topological polar surface area (TPSA) is 12.9 Å². The number of hydrogen-bond donors (Lipinski definition) is 0. The van der Waals surface area contributed by atoms with Crippen LogP contribution in [0.25, 0.3) is 22.0 Å². The summed E-state index contributed by atoms with van der Waals surface area (Å²) in [6.45, 7) is 4.37. The van der Waals surface area contributed by atoms with Crippen LogP contribution in [0.1, 0.15) is 24.8 Å². The maximum atomic E-state index is 4.75. The maximum Gasteiger partial charge on any atom is 0.0958 e. The summed E-state index contributed by atoms with van der Waals surface area (Å²) in [5.74, 6) is 0.499. The number of rotatable bonds is 2. The number of fused-ring (bicyclic) bond motifs is 1. The molecule has 0 saturated carbocycles. The van der Waals surface area contributed by atoms with E-state index >= 15 is 0 Å². The molecule has 1 aromatic heterocycles. The van der Waals surface area contributed by atoms with Crippen molar-refractivity contribution in [2.45, 2.75) is 19.8 Å². The normalized spacial score (nSPS) is 11.3. The molecule has 0 amide bonds. The minimum Gasteiger partial charge on any atom is -0.241 e. The number of hydrogen-bond acceptors (Lipinski definition) is 2. The van der Waals surface area contributed by atoms with Crippen LogP contribution in [0.4, 0.5) is 0 Å². The van der Waals surface area contributed by atoms with E-state index in [2.05, 4.69) is 61.7 Å². The highest BCUT2D eigenvalue weighted by molar-refractivity contribution is 7.10. The van der Waals surface area contributed by atoms with Crippen molar-refractivity contribution in [3.63, 3.8) is 0 Å². The summed E-state index contributed by atoms with van der Waals surface area (Å²) in [6, 6.07) is 14.9. The van der Waals surface area contributed by atoms with Gasteiger partial charge in [0.15, 0.2) is 0 Å². The van der Waals surface area contributed by atoms with Crippen LogP contribution in [0.2, 0.25) is 0 Å². The zero-order valence-electron chi connectivity index (χ0n) is 10.6. The summed E-state index contributed by atoms with van der Waals surface area (Å²) < 4.78 is 0. The average Bonchev–Trinajstić information content (AvgIpc) is 2.87. The zero-order chi connectivity index (χ0) is 12.5. The molecule has 0 radical (unpaired) electrons. The molecule has 3 aromatic rings. The second-order valence-electron chi connectivity index (χ2n) is 4.75. The van der Waals surface area contributed by atoms with E-state index < -0.39 is 0 Å². The van der Waals surface area contributed by atoms with Gasteiger partial charge in [0.2, 0.25) is 0 Å². The first-order valence-electron chi connectivity index (χ1n) is 6.19. The van der Waals surface area contributed by atoms with Gasteiger partial charge in [-0.15, -0.1) is 11.3 Å². The number of nitrogens with zero attached hydrogens (tertiary/aromatic N) is 1. The van der Waals surface area contributed by atoms with Gasteiger partial charge in [-0.25, -0.2) is 4.98 Å². The van der Waals surface area contributed by atoms with Crippen LogP contribution in [-0.4, -0.2) is 4.98 Å². The van der Waals surface area contributed by atoms with Crippen molar-refractivity contribution in [1.82, 2.24) is 4.98 Å². The Morgan fingerprint density at radius 1 is 1.00 bits per heavy atom. The summed E-state index contributed by atoms with van der Waals surface area (Å²) in [6.07, 6.45) is 0. The van der Waals surface area contributed by atoms with Gasteiger partial charge in [-0.05, 0) is 10.8 Å². The van der Waals surface area contributed by atoms with Crippen molar-refractivity contribution in [2.75, 3.05) is 0 Å². The van der Waals surface area contributed by atoms with Gasteiger partial charge in [0.05, 0.1) is 10.7 Å². The molecule has 0 aliphatic rings. The van der Waals surface area contributed by atoms with Gasteiger partial charge >= 0.3 is 0 Å². The minimum absolute atomic E-state index is 0.499. The highest BCUT2D eigenvalue weighted by atomic mass is 32.1. The molecule has 0 aliphatic heterocycles. The largest absolute Gasteiger partial charge is 0.241 e. The van der Waals surface area contributed by atoms with Crippen LogP contribution in [0.3, 0.4) is 0 Å². The predicted octanol–water partition coefficient (Wildman–Crippen LogP) is 5.09. The highest BCUT2D eigenvalue weighted by Crippen LogP contribution is 2.31. The molecule has 0 saturated heterocycles. The molecule has 0 atom stereocenters. The molecule has 3 rings (SSSR count). The van der Waals surface area contributed by atoms with Crippen LogP contribution in [0, 0.1) is 0 Å². The van der Waals surface area contributed by atoms with Crippen LogP contribution < -0.4 is 0 Å². The van der Waals surface area contributed by atoms with Gasteiger partial charge in [0.25, 0.3) is 0 Å². The Bertz CT molecular complexity index is 677. The zero-order valence-corrected chi connectivity index (χ0v) is 11.4. The Hall–Kier alpha value is -1.67. The summed E-state index contributed by atoms with van der Waals surface area (Å²) in [5.41, 5.74) is 2.33. The molecular weight excluding hydrogens is 238 g/mol. The molecular formula is C16H15NS. The predicted molar refractivity (Wildman–Crippen MR) is 79.1 cm³/mol. The van der Waals surface area contributed by atoms with Crippen molar-refractivity contribution in [1.29, 1.82) is 0 Å². The Kier molecular flexibility index (Phi) is 2.88. The number of aromatic nitrogens is 1. The molecule has 2 heteroatoms. The third-order valence-electron chi connectivity index (χ3n) is 3.08. The lowest BCUT2D eigenvalue weighted by Gasteiger charge is -2.03. The Balaban J connectivity index is 2.18. The molecule has 1 nitrogen and oxygen atoms in total. The van der Waals surface area contributed by atoms with E-state index in [0.29, 0.717) is 5.92 Å². The van der Waals surface area contributed by atoms with E-state index in [-0.39, 0.29) is 0 Å². The van der Waals surface area contributed by atoms with Crippen molar-refractivity contribution < 1.29 is 0 Å². The van der Waals surface area contributed by atoms with Crippen molar-refractivity contribution in [3.8, 4) is 11.3 Å². The Morgan fingerprint density at radius 3 is 2.56 bits per heavy atom. The fraction of sp³-hybridized carbons (Fsp3) is 0.188. The van der Waals surface area contributed by atoms with Gasteiger partial charge < -0.3 is 0 Å². The van der Waals surface area contributed by atoms with Crippen molar-refractivity contribution in [2.24, 2.45) is 0 Å². The fourth-order valence-corrected chi connectivity index (χ4v) is 2.96. The number of thiazole rings is 1. The van der Waals surface area contributed by atoms with E-state index in [1.54, 1.807) is 11.3 Å². The van der Waals surface area contributed by atoms with Crippen LogP contribution in [0.5, 0.6) is 0 Å². The van der Waals surface area contributed by atoms with Gasteiger partial charge in [0, 0.05) is 16.9 Å².